The van der Waals surface area contributed by atoms with Crippen molar-refractivity contribution in [1.29, 1.82) is 0 Å². The molecule has 128 valence electrons. The number of primary amides is 1. The van der Waals surface area contributed by atoms with Crippen molar-refractivity contribution in [3.8, 4) is 0 Å². The van der Waals surface area contributed by atoms with Crippen LogP contribution in [0.1, 0.15) is 25.3 Å². The maximum Gasteiger partial charge on any atom is 0.244 e. The van der Waals surface area contributed by atoms with E-state index in [4.69, 9.17) is 5.73 Å². The summed E-state index contributed by atoms with van der Waals surface area (Å²) >= 11 is 0. The summed E-state index contributed by atoms with van der Waals surface area (Å²) in [5.41, 5.74) is 7.49. The Hall–Kier alpha value is -2.40. The number of hydrogen-bond acceptors (Lipinski definition) is 3. The number of rotatable bonds is 7. The molecule has 0 saturated heterocycles. The van der Waals surface area contributed by atoms with Crippen LogP contribution in [0, 0.1) is 0 Å². The third kappa shape index (κ3) is 6.38. The van der Waals surface area contributed by atoms with Crippen LogP contribution in [-0.2, 0) is 9.59 Å². The van der Waals surface area contributed by atoms with Crippen molar-refractivity contribution in [2.45, 2.75) is 25.8 Å². The molecule has 5 nitrogen and oxygen atoms in total. The lowest BCUT2D eigenvalue weighted by atomic mass is 10.0. The van der Waals surface area contributed by atoms with Gasteiger partial charge >= 0.3 is 0 Å². The maximum absolute atomic E-state index is 12.0. The van der Waals surface area contributed by atoms with E-state index in [1.165, 1.54) is 5.57 Å². The molecule has 2 amide bonds. The number of amides is 2. The monoisotopic (exact) mass is 327 g/mol. The summed E-state index contributed by atoms with van der Waals surface area (Å²) in [6.07, 6.45) is 7.24. The molecule has 0 radical (unpaired) electrons. The number of benzene rings is 1. The fourth-order valence-electron chi connectivity index (χ4n) is 2.86. The van der Waals surface area contributed by atoms with Crippen molar-refractivity contribution < 1.29 is 9.59 Å². The first-order valence-corrected chi connectivity index (χ1v) is 8.25. The molecule has 0 aliphatic carbocycles. The van der Waals surface area contributed by atoms with E-state index in [-0.39, 0.29) is 24.4 Å². The Labute approximate surface area is 143 Å². The highest BCUT2D eigenvalue weighted by Crippen LogP contribution is 2.14. The predicted octanol–water partition coefficient (Wildman–Crippen LogP) is 1.71. The molecule has 0 aromatic heterocycles. The summed E-state index contributed by atoms with van der Waals surface area (Å²) in [5.74, 6) is -0.402. The largest absolute Gasteiger partial charge is 0.369 e. The number of nitrogens with zero attached hydrogens (tertiary/aromatic N) is 1. The van der Waals surface area contributed by atoms with Gasteiger partial charge in [0, 0.05) is 25.2 Å². The van der Waals surface area contributed by atoms with Crippen molar-refractivity contribution in [2.24, 2.45) is 5.73 Å². The Morgan fingerprint density at radius 1 is 1.33 bits per heavy atom. The van der Waals surface area contributed by atoms with E-state index in [2.05, 4.69) is 11.4 Å². The Kier molecular flexibility index (Phi) is 6.75. The molecule has 24 heavy (non-hydrogen) atoms. The van der Waals surface area contributed by atoms with Crippen LogP contribution in [0.2, 0.25) is 0 Å². The summed E-state index contributed by atoms with van der Waals surface area (Å²) in [6.45, 7) is 3.87. The second-order valence-electron chi connectivity index (χ2n) is 6.19. The fraction of sp³-hybridized carbons (Fsp3) is 0.368. The molecule has 1 heterocycles. The molecule has 1 aromatic carbocycles. The maximum atomic E-state index is 12.0. The molecule has 0 spiro atoms. The van der Waals surface area contributed by atoms with Gasteiger partial charge in [-0.25, -0.2) is 0 Å². The van der Waals surface area contributed by atoms with Crippen molar-refractivity contribution in [3.05, 3.63) is 53.6 Å². The lowest BCUT2D eigenvalue weighted by Gasteiger charge is -2.27. The van der Waals surface area contributed by atoms with Gasteiger partial charge in [0.2, 0.25) is 11.8 Å². The SMILES string of the molecule is CC(CC1=CCCN(CC(N)=O)C1)NC(=O)/C=C/c1ccccc1. The number of nitrogens with one attached hydrogen (secondary N) is 1. The topological polar surface area (TPSA) is 75.4 Å². The van der Waals surface area contributed by atoms with Crippen LogP contribution in [0.15, 0.2) is 48.1 Å². The minimum Gasteiger partial charge on any atom is -0.369 e. The minimum absolute atomic E-state index is 0.0395. The van der Waals surface area contributed by atoms with Crippen LogP contribution in [0.25, 0.3) is 6.08 Å². The molecule has 2 rings (SSSR count). The molecular weight excluding hydrogens is 302 g/mol. The van der Waals surface area contributed by atoms with Gasteiger partial charge in [-0.3, -0.25) is 14.5 Å². The zero-order chi connectivity index (χ0) is 17.4. The predicted molar refractivity (Wildman–Crippen MR) is 96.0 cm³/mol. The van der Waals surface area contributed by atoms with Crippen LogP contribution < -0.4 is 11.1 Å². The molecule has 3 N–H and O–H groups in total. The summed E-state index contributed by atoms with van der Waals surface area (Å²) in [4.78, 5) is 25.1. The molecule has 1 unspecified atom stereocenters. The number of carbonyl (C=O) groups is 2. The van der Waals surface area contributed by atoms with Gasteiger partial charge < -0.3 is 11.1 Å². The molecular formula is C19H25N3O2. The normalized spacial score (nSPS) is 16.6. The van der Waals surface area contributed by atoms with Crippen molar-refractivity contribution in [1.82, 2.24) is 10.2 Å². The standard InChI is InChI=1S/C19H25N3O2/c1-15(12-17-8-5-11-22(13-17)14-18(20)23)21-19(24)10-9-16-6-3-2-4-7-16/h2-4,6-10,15H,5,11-14H2,1H3,(H2,20,23)(H,21,24)/b10-9+. The van der Waals surface area contributed by atoms with E-state index in [0.29, 0.717) is 0 Å². The summed E-state index contributed by atoms with van der Waals surface area (Å²) in [6, 6.07) is 9.76. The molecule has 5 heteroatoms. The summed E-state index contributed by atoms with van der Waals surface area (Å²) < 4.78 is 0. The van der Waals surface area contributed by atoms with Gasteiger partial charge in [-0.15, -0.1) is 0 Å². The first kappa shape index (κ1) is 17.9. The second kappa shape index (κ2) is 9.03. The van der Waals surface area contributed by atoms with Crippen LogP contribution in [-0.4, -0.2) is 42.4 Å². The Morgan fingerprint density at radius 2 is 2.08 bits per heavy atom. The quantitative estimate of drug-likeness (QED) is 0.591. The van der Waals surface area contributed by atoms with E-state index in [9.17, 15) is 9.59 Å². The van der Waals surface area contributed by atoms with E-state index < -0.39 is 0 Å². The third-order valence-corrected chi connectivity index (χ3v) is 3.87. The van der Waals surface area contributed by atoms with E-state index in [1.54, 1.807) is 12.2 Å². The summed E-state index contributed by atoms with van der Waals surface area (Å²) in [7, 11) is 0. The fourth-order valence-corrected chi connectivity index (χ4v) is 2.86. The lowest BCUT2D eigenvalue weighted by Crippen LogP contribution is -2.39. The summed E-state index contributed by atoms with van der Waals surface area (Å²) in [5, 5.41) is 2.98. The van der Waals surface area contributed by atoms with Gasteiger partial charge in [0.1, 0.15) is 0 Å². The molecule has 1 aliphatic heterocycles. The zero-order valence-corrected chi connectivity index (χ0v) is 14.1. The van der Waals surface area contributed by atoms with Gasteiger partial charge in [-0.1, -0.05) is 42.0 Å². The molecule has 1 aliphatic rings. The Bertz CT molecular complexity index is 623. The van der Waals surface area contributed by atoms with Crippen LogP contribution in [0.5, 0.6) is 0 Å². The number of hydrogen-bond donors (Lipinski definition) is 2. The lowest BCUT2D eigenvalue weighted by molar-refractivity contribution is -0.119. The highest BCUT2D eigenvalue weighted by atomic mass is 16.2. The van der Waals surface area contributed by atoms with Gasteiger partial charge in [0.25, 0.3) is 0 Å². The smallest absolute Gasteiger partial charge is 0.244 e. The molecule has 1 aromatic rings. The number of nitrogens with two attached hydrogens (primary N) is 1. The average molecular weight is 327 g/mol. The number of carbonyl (C=O) groups excluding carboxylic acids is 2. The molecule has 1 atom stereocenters. The highest BCUT2D eigenvalue weighted by molar-refractivity contribution is 5.91. The van der Waals surface area contributed by atoms with E-state index in [0.717, 1.165) is 31.5 Å². The molecule has 0 saturated carbocycles. The second-order valence-corrected chi connectivity index (χ2v) is 6.19. The van der Waals surface area contributed by atoms with E-state index in [1.807, 2.05) is 42.2 Å². The highest BCUT2D eigenvalue weighted by Gasteiger charge is 2.16. The minimum atomic E-state index is -0.302. The van der Waals surface area contributed by atoms with Gasteiger partial charge in [-0.2, -0.15) is 0 Å². The zero-order valence-electron chi connectivity index (χ0n) is 14.1. The van der Waals surface area contributed by atoms with Gasteiger partial charge in [-0.05, 0) is 31.4 Å². The third-order valence-electron chi connectivity index (χ3n) is 3.87. The van der Waals surface area contributed by atoms with Crippen molar-refractivity contribution in [3.63, 3.8) is 0 Å². The van der Waals surface area contributed by atoms with Crippen LogP contribution >= 0.6 is 0 Å². The van der Waals surface area contributed by atoms with Crippen LogP contribution in [0.4, 0.5) is 0 Å². The van der Waals surface area contributed by atoms with Gasteiger partial charge in [0.15, 0.2) is 0 Å². The molecule has 0 fully saturated rings. The Balaban J connectivity index is 1.79. The average Bonchev–Trinajstić information content (AvgIpc) is 2.53. The van der Waals surface area contributed by atoms with Crippen molar-refractivity contribution >= 4 is 17.9 Å². The van der Waals surface area contributed by atoms with Crippen molar-refractivity contribution in [2.75, 3.05) is 19.6 Å². The van der Waals surface area contributed by atoms with Crippen LogP contribution in [0.3, 0.4) is 0 Å². The van der Waals surface area contributed by atoms with E-state index >= 15 is 0 Å². The Morgan fingerprint density at radius 3 is 2.79 bits per heavy atom. The molecule has 0 bridgehead atoms. The first-order chi connectivity index (χ1) is 11.5. The van der Waals surface area contributed by atoms with Gasteiger partial charge in [0.05, 0.1) is 6.54 Å². The first-order valence-electron chi connectivity index (χ1n) is 8.25.